The molecule has 15 heavy (non-hydrogen) atoms. The number of halogens is 1. The van der Waals surface area contributed by atoms with Crippen molar-refractivity contribution >= 4 is 17.5 Å². The SMILES string of the molecule is CCCOCC(=O)NC1CCCCC1Cl. The lowest BCUT2D eigenvalue weighted by atomic mass is 9.95. The molecule has 4 heteroatoms. The van der Waals surface area contributed by atoms with Gasteiger partial charge in [-0.25, -0.2) is 0 Å². The van der Waals surface area contributed by atoms with Crippen LogP contribution < -0.4 is 5.32 Å². The maximum atomic E-state index is 11.4. The van der Waals surface area contributed by atoms with Crippen molar-refractivity contribution in [3.05, 3.63) is 0 Å². The summed E-state index contributed by atoms with van der Waals surface area (Å²) in [6.07, 6.45) is 5.27. The van der Waals surface area contributed by atoms with E-state index in [-0.39, 0.29) is 23.9 Å². The molecule has 3 nitrogen and oxygen atoms in total. The van der Waals surface area contributed by atoms with Gasteiger partial charge < -0.3 is 10.1 Å². The monoisotopic (exact) mass is 233 g/mol. The Morgan fingerprint density at radius 2 is 2.20 bits per heavy atom. The Hall–Kier alpha value is -0.280. The number of alkyl halides is 1. The van der Waals surface area contributed by atoms with Crippen molar-refractivity contribution in [1.29, 1.82) is 0 Å². The number of ether oxygens (including phenoxy) is 1. The number of nitrogens with one attached hydrogen (secondary N) is 1. The van der Waals surface area contributed by atoms with Crippen LogP contribution in [0.3, 0.4) is 0 Å². The van der Waals surface area contributed by atoms with Crippen LogP contribution in [-0.2, 0) is 9.53 Å². The summed E-state index contributed by atoms with van der Waals surface area (Å²) in [5.74, 6) is -0.0407. The van der Waals surface area contributed by atoms with Crippen LogP contribution in [0.5, 0.6) is 0 Å². The van der Waals surface area contributed by atoms with Crippen LogP contribution in [0, 0.1) is 0 Å². The first-order valence-electron chi connectivity index (χ1n) is 5.75. The first-order chi connectivity index (χ1) is 7.24. The molecule has 0 aromatic rings. The first-order valence-corrected chi connectivity index (χ1v) is 6.19. The van der Waals surface area contributed by atoms with Crippen LogP contribution in [0.15, 0.2) is 0 Å². The van der Waals surface area contributed by atoms with Gasteiger partial charge in [0.15, 0.2) is 0 Å². The van der Waals surface area contributed by atoms with Crippen LogP contribution >= 0.6 is 11.6 Å². The van der Waals surface area contributed by atoms with Gasteiger partial charge in [-0.3, -0.25) is 4.79 Å². The molecule has 0 bridgehead atoms. The summed E-state index contributed by atoms with van der Waals surface area (Å²) in [5.41, 5.74) is 0. The summed E-state index contributed by atoms with van der Waals surface area (Å²) in [6, 6.07) is 0.137. The van der Waals surface area contributed by atoms with Gasteiger partial charge in [-0.15, -0.1) is 11.6 Å². The molecule has 0 aliphatic heterocycles. The van der Waals surface area contributed by atoms with E-state index in [1.54, 1.807) is 0 Å². The van der Waals surface area contributed by atoms with Crippen LogP contribution in [-0.4, -0.2) is 30.5 Å². The molecule has 1 N–H and O–H groups in total. The summed E-state index contributed by atoms with van der Waals surface area (Å²) in [6.45, 7) is 2.82. The molecule has 1 fully saturated rings. The Morgan fingerprint density at radius 3 is 2.87 bits per heavy atom. The quantitative estimate of drug-likeness (QED) is 0.583. The van der Waals surface area contributed by atoms with E-state index in [0.29, 0.717) is 6.61 Å². The van der Waals surface area contributed by atoms with Crippen molar-refractivity contribution < 1.29 is 9.53 Å². The Balaban J connectivity index is 2.18. The standard InChI is InChI=1S/C11H20ClNO2/c1-2-7-15-8-11(14)13-10-6-4-3-5-9(10)12/h9-10H,2-8H2,1H3,(H,13,14). The minimum absolute atomic E-state index is 0.0407. The Morgan fingerprint density at radius 1 is 1.47 bits per heavy atom. The van der Waals surface area contributed by atoms with E-state index in [9.17, 15) is 4.79 Å². The zero-order chi connectivity index (χ0) is 11.1. The van der Waals surface area contributed by atoms with Crippen molar-refractivity contribution in [1.82, 2.24) is 5.32 Å². The number of hydrogen-bond acceptors (Lipinski definition) is 2. The number of hydrogen-bond donors (Lipinski definition) is 1. The number of rotatable bonds is 5. The minimum Gasteiger partial charge on any atom is -0.372 e. The molecule has 1 aliphatic rings. The molecular formula is C11H20ClNO2. The molecule has 1 amide bonds. The zero-order valence-electron chi connectivity index (χ0n) is 9.30. The molecule has 88 valence electrons. The van der Waals surface area contributed by atoms with Crippen molar-refractivity contribution in [2.24, 2.45) is 0 Å². The summed E-state index contributed by atoms with van der Waals surface area (Å²) in [4.78, 5) is 11.4. The molecule has 1 rings (SSSR count). The highest BCUT2D eigenvalue weighted by Gasteiger charge is 2.24. The normalized spacial score (nSPS) is 26.3. The van der Waals surface area contributed by atoms with Gasteiger partial charge >= 0.3 is 0 Å². The van der Waals surface area contributed by atoms with Crippen molar-refractivity contribution in [3.8, 4) is 0 Å². The fourth-order valence-corrected chi connectivity index (χ4v) is 2.15. The summed E-state index contributed by atoms with van der Waals surface area (Å²) in [7, 11) is 0. The topological polar surface area (TPSA) is 38.3 Å². The Bertz CT molecular complexity index is 199. The molecule has 0 radical (unpaired) electrons. The third-order valence-electron chi connectivity index (χ3n) is 2.61. The van der Waals surface area contributed by atoms with Crippen molar-refractivity contribution in [3.63, 3.8) is 0 Å². The molecule has 0 saturated heterocycles. The average Bonchev–Trinajstić information content (AvgIpc) is 2.22. The van der Waals surface area contributed by atoms with Gasteiger partial charge in [-0.1, -0.05) is 19.8 Å². The van der Waals surface area contributed by atoms with E-state index in [1.165, 1.54) is 6.42 Å². The lowest BCUT2D eigenvalue weighted by molar-refractivity contribution is -0.126. The van der Waals surface area contributed by atoms with E-state index in [4.69, 9.17) is 16.3 Å². The van der Waals surface area contributed by atoms with Gasteiger partial charge in [0.05, 0.1) is 5.38 Å². The van der Waals surface area contributed by atoms with E-state index in [0.717, 1.165) is 25.7 Å². The lowest BCUT2D eigenvalue weighted by Gasteiger charge is -2.27. The van der Waals surface area contributed by atoms with E-state index >= 15 is 0 Å². The molecule has 0 spiro atoms. The van der Waals surface area contributed by atoms with Gasteiger partial charge in [-0.05, 0) is 19.3 Å². The van der Waals surface area contributed by atoms with Crippen LogP contribution in [0.2, 0.25) is 0 Å². The second-order valence-electron chi connectivity index (χ2n) is 4.03. The summed E-state index contributed by atoms with van der Waals surface area (Å²) >= 11 is 6.13. The molecule has 1 aliphatic carbocycles. The van der Waals surface area contributed by atoms with Gasteiger partial charge in [0, 0.05) is 12.6 Å². The molecule has 0 aromatic heterocycles. The fraction of sp³-hybridized carbons (Fsp3) is 0.909. The zero-order valence-corrected chi connectivity index (χ0v) is 10.1. The third-order valence-corrected chi connectivity index (χ3v) is 3.13. The van der Waals surface area contributed by atoms with E-state index in [2.05, 4.69) is 5.32 Å². The third kappa shape index (κ3) is 4.85. The largest absolute Gasteiger partial charge is 0.372 e. The first kappa shape index (κ1) is 12.8. The molecule has 0 heterocycles. The highest BCUT2D eigenvalue weighted by molar-refractivity contribution is 6.21. The number of amides is 1. The van der Waals surface area contributed by atoms with Gasteiger partial charge in [0.1, 0.15) is 6.61 Å². The second kappa shape index (κ2) is 7.07. The lowest BCUT2D eigenvalue weighted by Crippen LogP contribution is -2.44. The van der Waals surface area contributed by atoms with Crippen LogP contribution in [0.4, 0.5) is 0 Å². The highest BCUT2D eigenvalue weighted by atomic mass is 35.5. The fourth-order valence-electron chi connectivity index (χ4n) is 1.81. The second-order valence-corrected chi connectivity index (χ2v) is 4.59. The molecule has 0 aromatic carbocycles. The van der Waals surface area contributed by atoms with Crippen molar-refractivity contribution in [2.75, 3.05) is 13.2 Å². The predicted molar refractivity (Wildman–Crippen MR) is 61.1 cm³/mol. The molecule has 1 saturated carbocycles. The highest BCUT2D eigenvalue weighted by Crippen LogP contribution is 2.22. The molecular weight excluding hydrogens is 214 g/mol. The predicted octanol–water partition coefficient (Wildman–Crippen LogP) is 2.08. The smallest absolute Gasteiger partial charge is 0.246 e. The van der Waals surface area contributed by atoms with Gasteiger partial charge in [0.25, 0.3) is 0 Å². The summed E-state index contributed by atoms with van der Waals surface area (Å²) in [5, 5.41) is 3.02. The summed E-state index contributed by atoms with van der Waals surface area (Å²) < 4.78 is 5.17. The Kier molecular flexibility index (Phi) is 6.03. The van der Waals surface area contributed by atoms with Crippen molar-refractivity contribution in [2.45, 2.75) is 50.4 Å². The number of carbonyl (C=O) groups excluding carboxylic acids is 1. The van der Waals surface area contributed by atoms with Crippen LogP contribution in [0.25, 0.3) is 0 Å². The van der Waals surface area contributed by atoms with E-state index < -0.39 is 0 Å². The minimum atomic E-state index is -0.0407. The van der Waals surface area contributed by atoms with Gasteiger partial charge in [0.2, 0.25) is 5.91 Å². The molecule has 2 atom stereocenters. The Labute approximate surface area is 96.5 Å². The van der Waals surface area contributed by atoms with Crippen LogP contribution in [0.1, 0.15) is 39.0 Å². The number of carbonyl (C=O) groups is 1. The maximum absolute atomic E-state index is 11.4. The average molecular weight is 234 g/mol. The molecule has 2 unspecified atom stereocenters. The van der Waals surface area contributed by atoms with E-state index in [1.807, 2.05) is 6.92 Å². The maximum Gasteiger partial charge on any atom is 0.246 e. The van der Waals surface area contributed by atoms with Gasteiger partial charge in [-0.2, -0.15) is 0 Å².